The minimum Gasteiger partial charge on any atom is -0.481 e. The van der Waals surface area contributed by atoms with Gasteiger partial charge in [-0.25, -0.2) is 9.78 Å². The second kappa shape index (κ2) is 9.15. The molecule has 1 saturated carbocycles. The second-order valence-electron chi connectivity index (χ2n) is 11.5. The van der Waals surface area contributed by atoms with E-state index in [2.05, 4.69) is 5.32 Å². The molecular weight excluding hydrogens is 484 g/mol. The number of aromatic nitrogens is 2. The van der Waals surface area contributed by atoms with Gasteiger partial charge in [-0.2, -0.15) is 0 Å². The number of benzene rings is 2. The Kier molecular flexibility index (Phi) is 6.20. The van der Waals surface area contributed by atoms with Crippen molar-refractivity contribution in [3.05, 3.63) is 63.4 Å². The Morgan fingerprint density at radius 2 is 1.82 bits per heavy atom. The maximum absolute atomic E-state index is 13.5. The average molecular weight is 519 g/mol. The molecule has 2 aliphatic rings. The zero-order chi connectivity index (χ0) is 27.5. The number of carboxylic acid groups (broad SMARTS) is 1. The summed E-state index contributed by atoms with van der Waals surface area (Å²) in [6.07, 6.45) is 0. The minimum atomic E-state index is -0.746. The zero-order valence-corrected chi connectivity index (χ0v) is 22.6. The minimum absolute atomic E-state index is 0.0996. The summed E-state index contributed by atoms with van der Waals surface area (Å²) in [6.45, 7) is 10.6. The molecule has 3 aromatic rings. The molecule has 0 amide bonds. The van der Waals surface area contributed by atoms with Crippen molar-refractivity contribution in [2.45, 2.75) is 46.3 Å². The third-order valence-corrected chi connectivity index (χ3v) is 7.48. The van der Waals surface area contributed by atoms with Crippen LogP contribution in [0.25, 0.3) is 10.9 Å². The number of esters is 1. The number of aliphatic carboxylic acids is 1. The smallest absolute Gasteiger partial charge is 0.340 e. The highest BCUT2D eigenvalue weighted by Gasteiger charge is 2.60. The molecule has 9 heteroatoms. The average Bonchev–Trinajstić information content (AvgIpc) is 3.35. The summed E-state index contributed by atoms with van der Waals surface area (Å²) in [5, 5.41) is 13.3. The first-order valence-corrected chi connectivity index (χ1v) is 12.9. The van der Waals surface area contributed by atoms with E-state index in [0.29, 0.717) is 41.2 Å². The van der Waals surface area contributed by atoms with Gasteiger partial charge in [0.15, 0.2) is 0 Å². The Balaban J connectivity index is 1.50. The van der Waals surface area contributed by atoms with E-state index < -0.39 is 17.5 Å². The van der Waals surface area contributed by atoms with Crippen molar-refractivity contribution < 1.29 is 19.4 Å². The third kappa shape index (κ3) is 4.61. The molecule has 1 aromatic heterocycles. The predicted octanol–water partition coefficient (Wildman–Crippen LogP) is 4.14. The summed E-state index contributed by atoms with van der Waals surface area (Å²) >= 11 is 0. The van der Waals surface area contributed by atoms with Gasteiger partial charge in [-0.15, -0.1) is 0 Å². The molecule has 4 atom stereocenters. The SMILES string of the molecule is Cc1cc(C(C)Nc2ccccc2C(=O)OC(C)(C)C)c2nc(N3C[C@@H]4[C@H](C3)[C@@H]4C(=O)O)n(C)c(=O)c2c1. The summed E-state index contributed by atoms with van der Waals surface area (Å²) in [5.74, 6) is -0.709. The number of nitrogens with zero attached hydrogens (tertiary/aromatic N) is 3. The second-order valence-corrected chi connectivity index (χ2v) is 11.5. The summed E-state index contributed by atoms with van der Waals surface area (Å²) < 4.78 is 7.16. The van der Waals surface area contributed by atoms with Gasteiger partial charge in [0.05, 0.1) is 28.4 Å². The van der Waals surface area contributed by atoms with Crippen LogP contribution in [-0.4, -0.2) is 45.3 Å². The van der Waals surface area contributed by atoms with Crippen LogP contribution >= 0.6 is 0 Å². The molecule has 38 heavy (non-hydrogen) atoms. The van der Waals surface area contributed by atoms with Crippen molar-refractivity contribution in [2.75, 3.05) is 23.3 Å². The Morgan fingerprint density at radius 1 is 1.16 bits per heavy atom. The fourth-order valence-corrected chi connectivity index (χ4v) is 5.64. The molecule has 1 saturated heterocycles. The summed E-state index contributed by atoms with van der Waals surface area (Å²) in [5.41, 5.74) is 2.66. The largest absolute Gasteiger partial charge is 0.481 e. The molecule has 1 unspecified atom stereocenters. The van der Waals surface area contributed by atoms with Crippen LogP contribution in [0.15, 0.2) is 41.2 Å². The number of fused-ring (bicyclic) bond motifs is 2. The number of nitrogens with one attached hydrogen (secondary N) is 1. The molecule has 0 bridgehead atoms. The number of rotatable bonds is 6. The lowest BCUT2D eigenvalue weighted by Gasteiger charge is -2.25. The van der Waals surface area contributed by atoms with Crippen LogP contribution in [0.1, 0.15) is 55.2 Å². The number of piperidine rings is 1. The number of carbonyl (C=O) groups is 2. The van der Waals surface area contributed by atoms with Gasteiger partial charge in [-0.3, -0.25) is 14.2 Å². The maximum Gasteiger partial charge on any atom is 0.340 e. The van der Waals surface area contributed by atoms with E-state index in [0.717, 1.165) is 11.1 Å². The van der Waals surface area contributed by atoms with Gasteiger partial charge in [-0.05, 0) is 70.2 Å². The lowest BCUT2D eigenvalue weighted by atomic mass is 10.0. The van der Waals surface area contributed by atoms with Crippen LogP contribution in [0.4, 0.5) is 11.6 Å². The van der Waals surface area contributed by atoms with Gasteiger partial charge in [0, 0.05) is 31.4 Å². The first-order chi connectivity index (χ1) is 17.9. The number of hydrogen-bond donors (Lipinski definition) is 2. The number of hydrogen-bond acceptors (Lipinski definition) is 7. The van der Waals surface area contributed by atoms with Crippen LogP contribution < -0.4 is 15.8 Å². The highest BCUT2D eigenvalue weighted by molar-refractivity contribution is 5.96. The molecule has 2 heterocycles. The summed E-state index contributed by atoms with van der Waals surface area (Å²) in [4.78, 5) is 44.7. The quantitative estimate of drug-likeness (QED) is 0.468. The van der Waals surface area contributed by atoms with Crippen molar-refractivity contribution in [3.63, 3.8) is 0 Å². The first kappa shape index (κ1) is 25.8. The molecule has 1 aliphatic heterocycles. The third-order valence-electron chi connectivity index (χ3n) is 7.48. The Bertz CT molecular complexity index is 1490. The molecule has 0 radical (unpaired) electrons. The van der Waals surface area contributed by atoms with Gasteiger partial charge < -0.3 is 20.1 Å². The van der Waals surface area contributed by atoms with Crippen molar-refractivity contribution in [1.82, 2.24) is 9.55 Å². The molecular formula is C29H34N4O5. The van der Waals surface area contributed by atoms with Gasteiger partial charge in [0.25, 0.3) is 5.56 Å². The van der Waals surface area contributed by atoms with E-state index in [4.69, 9.17) is 9.72 Å². The summed E-state index contributed by atoms with van der Waals surface area (Å²) in [6, 6.07) is 10.8. The molecule has 2 aromatic carbocycles. The van der Waals surface area contributed by atoms with Gasteiger partial charge in [0.1, 0.15) is 5.60 Å². The van der Waals surface area contributed by atoms with Crippen molar-refractivity contribution in [2.24, 2.45) is 24.8 Å². The van der Waals surface area contributed by atoms with Crippen LogP contribution in [0.2, 0.25) is 0 Å². The molecule has 1 aliphatic carbocycles. The van der Waals surface area contributed by atoms with Gasteiger partial charge in [0.2, 0.25) is 5.95 Å². The lowest BCUT2D eigenvalue weighted by molar-refractivity contribution is -0.139. The van der Waals surface area contributed by atoms with E-state index in [1.54, 1.807) is 23.7 Å². The van der Waals surface area contributed by atoms with E-state index in [1.165, 1.54) is 0 Å². The van der Waals surface area contributed by atoms with Crippen LogP contribution in [0.3, 0.4) is 0 Å². The number of para-hydroxylation sites is 1. The zero-order valence-electron chi connectivity index (χ0n) is 22.6. The Labute approximate surface area is 221 Å². The predicted molar refractivity (Wildman–Crippen MR) is 146 cm³/mol. The number of anilines is 2. The topological polar surface area (TPSA) is 114 Å². The normalized spacial score (nSPS) is 21.2. The standard InChI is InChI=1S/C29H34N4O5/c1-15-11-18(16(2)30-22-10-8-7-9-17(22)27(37)38-29(3,4)5)24-19(12-15)25(34)32(6)28(31-24)33-13-20-21(14-33)23(20)26(35)36/h7-12,16,20-21,23,30H,13-14H2,1-6H3,(H,35,36)/t16?,20-,21+,23-. The molecule has 9 nitrogen and oxygen atoms in total. The van der Waals surface area contributed by atoms with E-state index in [-0.39, 0.29) is 29.4 Å². The monoisotopic (exact) mass is 518 g/mol. The molecule has 200 valence electrons. The van der Waals surface area contributed by atoms with Gasteiger partial charge >= 0.3 is 11.9 Å². The van der Waals surface area contributed by atoms with E-state index >= 15 is 0 Å². The number of carboxylic acids is 1. The molecule has 5 rings (SSSR count). The van der Waals surface area contributed by atoms with Crippen molar-refractivity contribution in [3.8, 4) is 0 Å². The van der Waals surface area contributed by atoms with Crippen molar-refractivity contribution >= 4 is 34.5 Å². The molecule has 0 spiro atoms. The maximum atomic E-state index is 13.5. The Hall–Kier alpha value is -3.88. The fraction of sp³-hybridized carbons (Fsp3) is 0.448. The van der Waals surface area contributed by atoms with Crippen LogP contribution in [-0.2, 0) is 16.6 Å². The summed E-state index contributed by atoms with van der Waals surface area (Å²) in [7, 11) is 1.71. The van der Waals surface area contributed by atoms with E-state index in [9.17, 15) is 19.5 Å². The van der Waals surface area contributed by atoms with Gasteiger partial charge in [-0.1, -0.05) is 18.2 Å². The van der Waals surface area contributed by atoms with Crippen LogP contribution in [0, 0.1) is 24.7 Å². The highest BCUT2D eigenvalue weighted by atomic mass is 16.6. The first-order valence-electron chi connectivity index (χ1n) is 12.9. The highest BCUT2D eigenvalue weighted by Crippen LogP contribution is 2.52. The molecule has 2 fully saturated rings. The molecule has 2 N–H and O–H groups in total. The number of aryl methyl sites for hydroxylation is 1. The fourth-order valence-electron chi connectivity index (χ4n) is 5.64. The Morgan fingerprint density at radius 3 is 2.45 bits per heavy atom. The lowest BCUT2D eigenvalue weighted by Crippen LogP contribution is -2.33. The number of ether oxygens (including phenoxy) is 1. The number of carbonyl (C=O) groups excluding carboxylic acids is 1. The van der Waals surface area contributed by atoms with E-state index in [1.807, 2.05) is 63.8 Å². The van der Waals surface area contributed by atoms with Crippen molar-refractivity contribution in [1.29, 1.82) is 0 Å². The van der Waals surface area contributed by atoms with Crippen LogP contribution in [0.5, 0.6) is 0 Å².